The highest BCUT2D eigenvalue weighted by Crippen LogP contribution is 2.33. The quantitative estimate of drug-likeness (QED) is 0.777. The molecule has 2 atom stereocenters. The van der Waals surface area contributed by atoms with Gasteiger partial charge in [0.2, 0.25) is 0 Å². The molecular formula is C11H17N3S. The van der Waals surface area contributed by atoms with Gasteiger partial charge in [-0.05, 0) is 19.4 Å². The van der Waals surface area contributed by atoms with Gasteiger partial charge in [0.05, 0.1) is 5.51 Å². The molecule has 3 nitrogen and oxygen atoms in total. The van der Waals surface area contributed by atoms with Crippen molar-refractivity contribution in [3.8, 4) is 0 Å². The lowest BCUT2D eigenvalue weighted by molar-refractivity contribution is 0.250. The average Bonchev–Trinajstić information content (AvgIpc) is 2.88. The highest BCUT2D eigenvalue weighted by Gasteiger charge is 2.34. The summed E-state index contributed by atoms with van der Waals surface area (Å²) in [6.07, 6.45) is 4.79. The highest BCUT2D eigenvalue weighted by atomic mass is 32.1. The van der Waals surface area contributed by atoms with Gasteiger partial charge in [0, 0.05) is 42.7 Å². The van der Waals surface area contributed by atoms with Crippen LogP contribution in [0.5, 0.6) is 0 Å². The minimum Gasteiger partial charge on any atom is -0.315 e. The number of aromatic nitrogens is 1. The minimum absolute atomic E-state index is 0.669. The number of hydrogen-bond acceptors (Lipinski definition) is 4. The van der Waals surface area contributed by atoms with E-state index in [0.29, 0.717) is 5.92 Å². The first kappa shape index (κ1) is 9.75. The molecule has 0 spiro atoms. The summed E-state index contributed by atoms with van der Waals surface area (Å²) in [5.41, 5.74) is 1.96. The van der Waals surface area contributed by atoms with E-state index in [4.69, 9.17) is 0 Å². The Balaban J connectivity index is 1.85. The molecule has 2 saturated heterocycles. The van der Waals surface area contributed by atoms with Gasteiger partial charge in [-0.15, -0.1) is 11.3 Å². The van der Waals surface area contributed by atoms with Crippen LogP contribution < -0.4 is 5.32 Å². The third-order valence-electron chi connectivity index (χ3n) is 3.64. The fraction of sp³-hybridized carbons (Fsp3) is 0.727. The van der Waals surface area contributed by atoms with E-state index in [9.17, 15) is 0 Å². The Kier molecular flexibility index (Phi) is 2.73. The number of thiazole rings is 1. The van der Waals surface area contributed by atoms with E-state index < -0.39 is 0 Å². The van der Waals surface area contributed by atoms with E-state index in [1.807, 2.05) is 16.8 Å². The smallest absolute Gasteiger partial charge is 0.0794 e. The van der Waals surface area contributed by atoms with Crippen LogP contribution in [0.3, 0.4) is 0 Å². The molecule has 3 rings (SSSR count). The molecule has 2 unspecified atom stereocenters. The molecule has 2 aliphatic heterocycles. The van der Waals surface area contributed by atoms with Gasteiger partial charge in [-0.3, -0.25) is 9.88 Å². The molecule has 2 aliphatic rings. The summed E-state index contributed by atoms with van der Waals surface area (Å²) < 4.78 is 0. The SMILES string of the molecule is c1ncc(C2CNCCN3CCCC23)s1. The van der Waals surface area contributed by atoms with E-state index in [0.717, 1.165) is 19.1 Å². The van der Waals surface area contributed by atoms with Crippen molar-refractivity contribution in [3.05, 3.63) is 16.6 Å². The van der Waals surface area contributed by atoms with Crippen LogP contribution in [-0.2, 0) is 0 Å². The van der Waals surface area contributed by atoms with Crippen LogP contribution in [0.2, 0.25) is 0 Å². The first-order valence-electron chi connectivity index (χ1n) is 5.78. The van der Waals surface area contributed by atoms with Crippen molar-refractivity contribution in [1.82, 2.24) is 15.2 Å². The Hall–Kier alpha value is -0.450. The predicted molar refractivity (Wildman–Crippen MR) is 62.3 cm³/mol. The van der Waals surface area contributed by atoms with Gasteiger partial charge in [-0.2, -0.15) is 0 Å². The summed E-state index contributed by atoms with van der Waals surface area (Å²) >= 11 is 1.81. The molecule has 0 aromatic carbocycles. The van der Waals surface area contributed by atoms with Crippen LogP contribution in [0.15, 0.2) is 11.7 Å². The Bertz CT molecular complexity index is 312. The molecule has 0 saturated carbocycles. The highest BCUT2D eigenvalue weighted by molar-refractivity contribution is 7.09. The van der Waals surface area contributed by atoms with Crippen molar-refractivity contribution >= 4 is 11.3 Å². The first-order chi connectivity index (χ1) is 7.45. The number of nitrogens with one attached hydrogen (secondary N) is 1. The molecule has 15 heavy (non-hydrogen) atoms. The Morgan fingerprint density at radius 3 is 3.33 bits per heavy atom. The number of rotatable bonds is 1. The molecule has 0 aliphatic carbocycles. The molecule has 0 radical (unpaired) electrons. The van der Waals surface area contributed by atoms with Crippen LogP contribution in [-0.4, -0.2) is 42.1 Å². The maximum Gasteiger partial charge on any atom is 0.0794 e. The van der Waals surface area contributed by atoms with Gasteiger partial charge in [-0.1, -0.05) is 0 Å². The summed E-state index contributed by atoms with van der Waals surface area (Å²) in [4.78, 5) is 8.33. The molecule has 0 bridgehead atoms. The lowest BCUT2D eigenvalue weighted by Crippen LogP contribution is -2.34. The maximum atomic E-state index is 4.21. The van der Waals surface area contributed by atoms with Gasteiger partial charge in [0.1, 0.15) is 0 Å². The third kappa shape index (κ3) is 1.82. The molecule has 1 N–H and O–H groups in total. The zero-order chi connectivity index (χ0) is 10.1. The van der Waals surface area contributed by atoms with E-state index in [1.165, 1.54) is 30.8 Å². The molecule has 1 aromatic heterocycles. The summed E-state index contributed by atoms with van der Waals surface area (Å²) in [6, 6.07) is 0.764. The van der Waals surface area contributed by atoms with E-state index in [1.54, 1.807) is 0 Å². The van der Waals surface area contributed by atoms with Gasteiger partial charge in [0.25, 0.3) is 0 Å². The predicted octanol–water partition coefficient (Wildman–Crippen LogP) is 1.29. The van der Waals surface area contributed by atoms with Gasteiger partial charge >= 0.3 is 0 Å². The van der Waals surface area contributed by atoms with Gasteiger partial charge in [-0.25, -0.2) is 0 Å². The lowest BCUT2D eigenvalue weighted by Gasteiger charge is -2.27. The van der Waals surface area contributed by atoms with Crippen LogP contribution in [0.25, 0.3) is 0 Å². The van der Waals surface area contributed by atoms with Crippen molar-refractivity contribution < 1.29 is 0 Å². The summed E-state index contributed by atoms with van der Waals surface area (Å²) in [6.45, 7) is 4.79. The fourth-order valence-corrected chi connectivity index (χ4v) is 3.68. The van der Waals surface area contributed by atoms with Gasteiger partial charge in [0.15, 0.2) is 0 Å². The lowest BCUT2D eigenvalue weighted by atomic mass is 9.96. The standard InChI is InChI=1S/C11H17N3S/c1-2-10-9(11-7-13-8-15-11)6-12-3-5-14(10)4-1/h7-10,12H,1-6H2. The first-order valence-corrected chi connectivity index (χ1v) is 6.66. The van der Waals surface area contributed by atoms with E-state index in [-0.39, 0.29) is 0 Å². The second kappa shape index (κ2) is 4.20. The molecule has 1 aromatic rings. The van der Waals surface area contributed by atoms with Crippen molar-refractivity contribution in [2.24, 2.45) is 0 Å². The zero-order valence-corrected chi connectivity index (χ0v) is 9.67. The van der Waals surface area contributed by atoms with Crippen molar-refractivity contribution in [2.45, 2.75) is 24.8 Å². The fourth-order valence-electron chi connectivity index (χ4n) is 2.90. The van der Waals surface area contributed by atoms with Crippen molar-refractivity contribution in [1.29, 1.82) is 0 Å². The summed E-state index contributed by atoms with van der Waals surface area (Å²) in [5, 5.41) is 3.55. The molecule has 3 heterocycles. The van der Waals surface area contributed by atoms with E-state index >= 15 is 0 Å². The molecule has 4 heteroatoms. The Morgan fingerprint density at radius 2 is 2.47 bits per heavy atom. The monoisotopic (exact) mass is 223 g/mol. The molecule has 82 valence electrons. The maximum absolute atomic E-state index is 4.21. The van der Waals surface area contributed by atoms with Crippen molar-refractivity contribution in [2.75, 3.05) is 26.2 Å². The van der Waals surface area contributed by atoms with Gasteiger partial charge < -0.3 is 5.32 Å². The van der Waals surface area contributed by atoms with Crippen LogP contribution in [0, 0.1) is 0 Å². The summed E-state index contributed by atoms with van der Waals surface area (Å²) in [7, 11) is 0. The number of fused-ring (bicyclic) bond motifs is 1. The second-order valence-electron chi connectivity index (χ2n) is 4.46. The van der Waals surface area contributed by atoms with Crippen molar-refractivity contribution in [3.63, 3.8) is 0 Å². The molecule has 2 fully saturated rings. The summed E-state index contributed by atoms with van der Waals surface area (Å²) in [5.74, 6) is 0.669. The normalized spacial score (nSPS) is 32.5. The number of hydrogen-bond donors (Lipinski definition) is 1. The second-order valence-corrected chi connectivity index (χ2v) is 5.38. The Labute approximate surface area is 94.5 Å². The number of nitrogens with zero attached hydrogens (tertiary/aromatic N) is 2. The Morgan fingerprint density at radius 1 is 1.47 bits per heavy atom. The van der Waals surface area contributed by atoms with Crippen LogP contribution in [0.4, 0.5) is 0 Å². The van der Waals surface area contributed by atoms with E-state index in [2.05, 4.69) is 21.4 Å². The topological polar surface area (TPSA) is 28.2 Å². The largest absolute Gasteiger partial charge is 0.315 e. The minimum atomic E-state index is 0.669. The van der Waals surface area contributed by atoms with Crippen LogP contribution in [0.1, 0.15) is 23.6 Å². The zero-order valence-electron chi connectivity index (χ0n) is 8.85. The third-order valence-corrected chi connectivity index (χ3v) is 4.54. The van der Waals surface area contributed by atoms with Crippen LogP contribution >= 0.6 is 11.3 Å². The average molecular weight is 223 g/mol. The molecule has 0 amide bonds. The molecular weight excluding hydrogens is 206 g/mol.